The molecule has 15 nitrogen and oxygen atoms in total. The van der Waals surface area contributed by atoms with Crippen molar-refractivity contribution in [3.8, 4) is 0 Å². The Morgan fingerprint density at radius 3 is 2.00 bits per heavy atom. The molecule has 2 heterocycles. The van der Waals surface area contributed by atoms with Gasteiger partial charge in [-0.2, -0.15) is 0 Å². The second-order valence-corrected chi connectivity index (χ2v) is 9.01. The van der Waals surface area contributed by atoms with Gasteiger partial charge in [-0.25, -0.2) is 14.8 Å². The first-order valence-electron chi connectivity index (χ1n) is 12.1. The zero-order chi connectivity index (χ0) is 28.2. The van der Waals surface area contributed by atoms with Gasteiger partial charge in [-0.05, 0) is 12.3 Å². The number of carbonyl (C=O) groups is 5. The molecule has 10 N–H and O–H groups in total. The number of hydrogen-bond donors (Lipinski definition) is 8. The van der Waals surface area contributed by atoms with Crippen molar-refractivity contribution in [2.75, 3.05) is 0 Å². The third-order valence-corrected chi connectivity index (χ3v) is 6.03. The molecule has 0 aliphatic heterocycles. The first-order chi connectivity index (χ1) is 18.0. The smallest absolute Gasteiger partial charge is 0.326 e. The lowest BCUT2D eigenvalue weighted by Crippen LogP contribution is -2.59. The maximum atomic E-state index is 13.3. The maximum absolute atomic E-state index is 13.3. The fourth-order valence-electron chi connectivity index (χ4n) is 3.59. The summed E-state index contributed by atoms with van der Waals surface area (Å²) < 4.78 is 0. The summed E-state index contributed by atoms with van der Waals surface area (Å²) in [7, 11) is 0. The van der Waals surface area contributed by atoms with Gasteiger partial charge in [0.1, 0.15) is 18.1 Å². The molecule has 0 aromatic carbocycles. The second-order valence-electron chi connectivity index (χ2n) is 9.01. The predicted molar refractivity (Wildman–Crippen MR) is 134 cm³/mol. The molecular weight excluding hydrogens is 498 g/mol. The zero-order valence-electron chi connectivity index (χ0n) is 21.3. The van der Waals surface area contributed by atoms with E-state index in [2.05, 4.69) is 35.9 Å². The van der Waals surface area contributed by atoms with Crippen LogP contribution in [0.5, 0.6) is 0 Å². The van der Waals surface area contributed by atoms with Crippen LogP contribution >= 0.6 is 0 Å². The van der Waals surface area contributed by atoms with Crippen molar-refractivity contribution in [1.82, 2.24) is 35.9 Å². The highest BCUT2D eigenvalue weighted by Crippen LogP contribution is 2.11. The van der Waals surface area contributed by atoms with Gasteiger partial charge >= 0.3 is 5.97 Å². The minimum atomic E-state index is -1.40. The number of aromatic nitrogens is 4. The van der Waals surface area contributed by atoms with Crippen molar-refractivity contribution in [2.45, 2.75) is 70.1 Å². The number of aliphatic carboxylic acids is 1. The van der Waals surface area contributed by atoms with Crippen LogP contribution in [0.2, 0.25) is 0 Å². The molecule has 2 aromatic rings. The SMILES string of the molecule is CCC(C)C(NC(=O)C(N)Cc1cnc[nH]1)C(=O)NC(Cc1cnc[nH]1)C(=O)NC(CCC(N)=O)C(=O)O. The van der Waals surface area contributed by atoms with Crippen LogP contribution in [0.3, 0.4) is 0 Å². The van der Waals surface area contributed by atoms with Crippen LogP contribution in [0, 0.1) is 5.92 Å². The van der Waals surface area contributed by atoms with E-state index in [4.69, 9.17) is 11.5 Å². The Hall–Kier alpha value is -4.27. The van der Waals surface area contributed by atoms with Gasteiger partial charge in [0, 0.05) is 43.0 Å². The Balaban J connectivity index is 2.17. The minimum Gasteiger partial charge on any atom is -0.480 e. The quantitative estimate of drug-likeness (QED) is 0.120. The molecule has 5 atom stereocenters. The standard InChI is InChI=1S/C23H35N9O6/c1-3-12(2)19(32-20(34)15(24)6-13-8-26-10-28-13)22(36)31-17(7-14-9-27-11-29-14)21(35)30-16(23(37)38)4-5-18(25)33/h8-12,15-17,19H,3-7,24H2,1-2H3,(H2,25,33)(H,26,28)(H,27,29)(H,30,35)(H,31,36)(H,32,34)(H,37,38). The van der Waals surface area contributed by atoms with E-state index in [9.17, 15) is 29.1 Å². The maximum Gasteiger partial charge on any atom is 0.326 e. The number of hydrogen-bond acceptors (Lipinski definition) is 8. The van der Waals surface area contributed by atoms with Gasteiger partial charge in [0.15, 0.2) is 0 Å². The molecule has 38 heavy (non-hydrogen) atoms. The first kappa shape index (κ1) is 30.0. The highest BCUT2D eigenvalue weighted by Gasteiger charge is 2.33. The monoisotopic (exact) mass is 533 g/mol. The summed E-state index contributed by atoms with van der Waals surface area (Å²) in [5, 5.41) is 17.1. The van der Waals surface area contributed by atoms with Gasteiger partial charge in [0.05, 0.1) is 18.7 Å². The highest BCUT2D eigenvalue weighted by atomic mass is 16.4. The minimum absolute atomic E-state index is 0.0414. The van der Waals surface area contributed by atoms with Gasteiger partial charge in [0.25, 0.3) is 0 Å². The summed E-state index contributed by atoms with van der Waals surface area (Å²) in [5.41, 5.74) is 12.3. The fourth-order valence-corrected chi connectivity index (χ4v) is 3.59. The lowest BCUT2D eigenvalue weighted by molar-refractivity contribution is -0.142. The predicted octanol–water partition coefficient (Wildman–Crippen LogP) is -1.90. The number of carboxylic acids is 1. The van der Waals surface area contributed by atoms with Crippen LogP contribution in [0.15, 0.2) is 25.0 Å². The average molecular weight is 534 g/mol. The second kappa shape index (κ2) is 14.5. The summed E-state index contributed by atoms with van der Waals surface area (Å²) in [4.78, 5) is 75.4. The van der Waals surface area contributed by atoms with Crippen molar-refractivity contribution >= 4 is 29.6 Å². The van der Waals surface area contributed by atoms with E-state index in [-0.39, 0.29) is 31.6 Å². The number of nitrogens with two attached hydrogens (primary N) is 2. The molecule has 0 aliphatic rings. The number of rotatable bonds is 16. The number of carbonyl (C=O) groups excluding carboxylic acids is 4. The normalized spacial score (nSPS) is 14.9. The molecule has 2 rings (SSSR count). The lowest BCUT2D eigenvalue weighted by Gasteiger charge is -2.28. The molecule has 208 valence electrons. The number of nitrogens with one attached hydrogen (secondary N) is 5. The third kappa shape index (κ3) is 9.31. The number of imidazole rings is 2. The largest absolute Gasteiger partial charge is 0.480 e. The van der Waals surface area contributed by atoms with Crippen molar-refractivity contribution in [3.63, 3.8) is 0 Å². The number of aromatic amines is 2. The number of primary amides is 1. The molecule has 2 aromatic heterocycles. The van der Waals surface area contributed by atoms with Gasteiger partial charge in [-0.1, -0.05) is 20.3 Å². The Morgan fingerprint density at radius 2 is 1.50 bits per heavy atom. The van der Waals surface area contributed by atoms with Crippen molar-refractivity contribution in [3.05, 3.63) is 36.4 Å². The molecule has 0 bridgehead atoms. The first-order valence-corrected chi connectivity index (χ1v) is 12.1. The van der Waals surface area contributed by atoms with E-state index in [1.165, 1.54) is 18.9 Å². The zero-order valence-corrected chi connectivity index (χ0v) is 21.3. The van der Waals surface area contributed by atoms with Crippen LogP contribution in [0.4, 0.5) is 0 Å². The van der Waals surface area contributed by atoms with Crippen LogP contribution in [-0.2, 0) is 36.8 Å². The van der Waals surface area contributed by atoms with E-state index < -0.39 is 53.8 Å². The fraction of sp³-hybridized carbons (Fsp3) is 0.522. The highest BCUT2D eigenvalue weighted by molar-refractivity contribution is 5.94. The van der Waals surface area contributed by atoms with E-state index in [0.29, 0.717) is 17.8 Å². The van der Waals surface area contributed by atoms with E-state index in [1.807, 2.05) is 6.92 Å². The topological polar surface area (TPSA) is 251 Å². The molecule has 0 radical (unpaired) electrons. The molecule has 0 fully saturated rings. The summed E-state index contributed by atoms with van der Waals surface area (Å²) in [6.07, 6.45) is 6.03. The number of carboxylic acid groups (broad SMARTS) is 1. The van der Waals surface area contributed by atoms with Gasteiger partial charge < -0.3 is 42.5 Å². The van der Waals surface area contributed by atoms with Crippen molar-refractivity contribution in [1.29, 1.82) is 0 Å². The molecule has 4 amide bonds. The number of H-pyrrole nitrogens is 2. The molecule has 0 spiro atoms. The molecule has 0 aliphatic carbocycles. The molecule has 5 unspecified atom stereocenters. The van der Waals surface area contributed by atoms with Crippen LogP contribution in [0.25, 0.3) is 0 Å². The number of nitrogens with zero attached hydrogens (tertiary/aromatic N) is 2. The lowest BCUT2D eigenvalue weighted by atomic mass is 9.97. The Labute approximate surface area is 218 Å². The van der Waals surface area contributed by atoms with E-state index in [0.717, 1.165) is 0 Å². The molecular formula is C23H35N9O6. The van der Waals surface area contributed by atoms with E-state index >= 15 is 0 Å². The average Bonchev–Trinajstić information content (AvgIpc) is 3.57. The van der Waals surface area contributed by atoms with Crippen molar-refractivity contribution in [2.24, 2.45) is 17.4 Å². The third-order valence-electron chi connectivity index (χ3n) is 6.03. The van der Waals surface area contributed by atoms with Gasteiger partial charge in [0.2, 0.25) is 23.6 Å². The summed E-state index contributed by atoms with van der Waals surface area (Å²) in [5.74, 6) is -4.41. The Kier molecular flexibility index (Phi) is 11.4. The van der Waals surface area contributed by atoms with Crippen LogP contribution in [-0.4, -0.2) is 78.8 Å². The van der Waals surface area contributed by atoms with Gasteiger partial charge in [-0.15, -0.1) is 0 Å². The molecule has 0 saturated heterocycles. The van der Waals surface area contributed by atoms with Crippen molar-refractivity contribution < 1.29 is 29.1 Å². The van der Waals surface area contributed by atoms with Crippen LogP contribution in [0.1, 0.15) is 44.5 Å². The molecule has 15 heteroatoms. The molecule has 0 saturated carbocycles. The van der Waals surface area contributed by atoms with Crippen LogP contribution < -0.4 is 27.4 Å². The number of amides is 4. The summed E-state index contributed by atoms with van der Waals surface area (Å²) in [6, 6.07) is -4.61. The Morgan fingerprint density at radius 1 is 0.921 bits per heavy atom. The van der Waals surface area contributed by atoms with Gasteiger partial charge in [-0.3, -0.25) is 19.2 Å². The van der Waals surface area contributed by atoms with E-state index in [1.54, 1.807) is 13.1 Å². The summed E-state index contributed by atoms with van der Waals surface area (Å²) >= 11 is 0. The summed E-state index contributed by atoms with van der Waals surface area (Å²) in [6.45, 7) is 3.60. The Bertz CT molecular complexity index is 1070.